The first-order valence-corrected chi connectivity index (χ1v) is 6.21. The van der Waals surface area contributed by atoms with Gasteiger partial charge in [-0.2, -0.15) is 0 Å². The van der Waals surface area contributed by atoms with E-state index in [9.17, 15) is 0 Å². The lowest BCUT2D eigenvalue weighted by Gasteiger charge is -2.28. The molecule has 2 heteroatoms. The van der Waals surface area contributed by atoms with Crippen molar-refractivity contribution in [1.82, 2.24) is 5.32 Å². The number of nitrogens with one attached hydrogen (secondary N) is 1. The van der Waals surface area contributed by atoms with E-state index in [4.69, 9.17) is 4.74 Å². The van der Waals surface area contributed by atoms with Crippen LogP contribution in [-0.2, 0) is 4.74 Å². The molecular weight excluding hydrogens is 174 g/mol. The number of ether oxygens (including phenoxy) is 1. The van der Waals surface area contributed by atoms with Crippen LogP contribution in [0, 0.1) is 0 Å². The Bertz CT molecular complexity index is 130. The highest BCUT2D eigenvalue weighted by Gasteiger charge is 2.20. The molecule has 84 valence electrons. The van der Waals surface area contributed by atoms with Crippen molar-refractivity contribution in [3.63, 3.8) is 0 Å². The number of hydrogen-bond acceptors (Lipinski definition) is 2. The minimum atomic E-state index is 0.552. The van der Waals surface area contributed by atoms with E-state index in [-0.39, 0.29) is 0 Å². The largest absolute Gasteiger partial charge is 0.378 e. The first-order valence-electron chi connectivity index (χ1n) is 6.21. The molecule has 2 nitrogen and oxygen atoms in total. The van der Waals surface area contributed by atoms with Crippen molar-refractivity contribution in [2.75, 3.05) is 13.2 Å². The first kappa shape index (κ1) is 12.0. The monoisotopic (exact) mass is 199 g/mol. The highest BCUT2D eigenvalue weighted by molar-refractivity contribution is 4.76. The van der Waals surface area contributed by atoms with Gasteiger partial charge in [-0.25, -0.2) is 0 Å². The zero-order chi connectivity index (χ0) is 10.2. The summed E-state index contributed by atoms with van der Waals surface area (Å²) in [7, 11) is 0. The first-order chi connectivity index (χ1) is 6.86. The summed E-state index contributed by atoms with van der Waals surface area (Å²) in [5.74, 6) is 0. The topological polar surface area (TPSA) is 21.3 Å². The summed E-state index contributed by atoms with van der Waals surface area (Å²) in [5.41, 5.74) is 0. The van der Waals surface area contributed by atoms with Crippen LogP contribution in [0.15, 0.2) is 0 Å². The van der Waals surface area contributed by atoms with Gasteiger partial charge in [0.2, 0.25) is 0 Å². The summed E-state index contributed by atoms with van der Waals surface area (Å²) in [6.07, 6.45) is 8.11. The standard InChI is InChI=1S/C12H25NO/c1-3-5-10-14-12-8-6-11(7-9-12)13-4-2/h11-13H,3-10H2,1-2H3. The fourth-order valence-electron chi connectivity index (χ4n) is 2.12. The van der Waals surface area contributed by atoms with E-state index in [1.165, 1.54) is 38.5 Å². The second-order valence-electron chi connectivity index (χ2n) is 4.26. The second-order valence-corrected chi connectivity index (χ2v) is 4.26. The number of unbranched alkanes of at least 4 members (excludes halogenated alkanes) is 1. The van der Waals surface area contributed by atoms with Gasteiger partial charge in [-0.1, -0.05) is 20.3 Å². The van der Waals surface area contributed by atoms with Gasteiger partial charge in [-0.3, -0.25) is 0 Å². The molecule has 1 saturated carbocycles. The van der Waals surface area contributed by atoms with E-state index in [0.29, 0.717) is 6.10 Å². The Balaban J connectivity index is 2.03. The Morgan fingerprint density at radius 2 is 1.86 bits per heavy atom. The molecule has 0 radical (unpaired) electrons. The zero-order valence-corrected chi connectivity index (χ0v) is 9.72. The van der Waals surface area contributed by atoms with Crippen LogP contribution in [-0.4, -0.2) is 25.3 Å². The molecule has 0 aliphatic heterocycles. The third-order valence-electron chi connectivity index (χ3n) is 3.02. The fraction of sp³-hybridized carbons (Fsp3) is 1.00. The Morgan fingerprint density at radius 1 is 1.14 bits per heavy atom. The van der Waals surface area contributed by atoms with Crippen molar-refractivity contribution in [2.24, 2.45) is 0 Å². The molecule has 1 aliphatic carbocycles. The van der Waals surface area contributed by atoms with Crippen LogP contribution >= 0.6 is 0 Å². The summed E-state index contributed by atoms with van der Waals surface area (Å²) in [5, 5.41) is 3.52. The molecular formula is C12H25NO. The molecule has 1 N–H and O–H groups in total. The molecule has 0 heterocycles. The number of rotatable bonds is 6. The smallest absolute Gasteiger partial charge is 0.0576 e. The molecule has 0 unspecified atom stereocenters. The number of hydrogen-bond donors (Lipinski definition) is 1. The van der Waals surface area contributed by atoms with Crippen LogP contribution in [0.3, 0.4) is 0 Å². The molecule has 1 aliphatic rings. The molecule has 0 spiro atoms. The van der Waals surface area contributed by atoms with Crippen LogP contribution < -0.4 is 5.32 Å². The van der Waals surface area contributed by atoms with Gasteiger partial charge in [-0.15, -0.1) is 0 Å². The van der Waals surface area contributed by atoms with E-state index >= 15 is 0 Å². The van der Waals surface area contributed by atoms with Crippen molar-refractivity contribution >= 4 is 0 Å². The maximum Gasteiger partial charge on any atom is 0.0576 e. The highest BCUT2D eigenvalue weighted by atomic mass is 16.5. The van der Waals surface area contributed by atoms with Crippen LogP contribution in [0.4, 0.5) is 0 Å². The van der Waals surface area contributed by atoms with E-state index in [1.54, 1.807) is 0 Å². The Hall–Kier alpha value is -0.0800. The predicted octanol–water partition coefficient (Wildman–Crippen LogP) is 2.72. The van der Waals surface area contributed by atoms with Gasteiger partial charge in [0.25, 0.3) is 0 Å². The lowest BCUT2D eigenvalue weighted by Crippen LogP contribution is -2.35. The molecule has 0 amide bonds. The molecule has 0 aromatic carbocycles. The average Bonchev–Trinajstić information content (AvgIpc) is 2.21. The minimum Gasteiger partial charge on any atom is -0.378 e. The van der Waals surface area contributed by atoms with Crippen LogP contribution in [0.5, 0.6) is 0 Å². The van der Waals surface area contributed by atoms with Crippen molar-refractivity contribution < 1.29 is 4.74 Å². The van der Waals surface area contributed by atoms with Crippen molar-refractivity contribution in [2.45, 2.75) is 64.5 Å². The molecule has 0 bridgehead atoms. The summed E-state index contributed by atoms with van der Waals surface area (Å²) in [6, 6.07) is 0.756. The quantitative estimate of drug-likeness (QED) is 0.664. The average molecular weight is 199 g/mol. The van der Waals surface area contributed by atoms with Crippen LogP contribution in [0.2, 0.25) is 0 Å². The third kappa shape index (κ3) is 4.43. The molecule has 0 saturated heterocycles. The van der Waals surface area contributed by atoms with E-state index in [1.807, 2.05) is 0 Å². The lowest BCUT2D eigenvalue weighted by molar-refractivity contribution is 0.0212. The van der Waals surface area contributed by atoms with E-state index in [2.05, 4.69) is 19.2 Å². The van der Waals surface area contributed by atoms with Gasteiger partial charge in [0.05, 0.1) is 6.10 Å². The Kier molecular flexibility index (Phi) is 6.20. The lowest BCUT2D eigenvalue weighted by atomic mass is 9.93. The van der Waals surface area contributed by atoms with Gasteiger partial charge >= 0.3 is 0 Å². The predicted molar refractivity (Wildman–Crippen MR) is 60.6 cm³/mol. The van der Waals surface area contributed by atoms with Crippen LogP contribution in [0.1, 0.15) is 52.4 Å². The summed E-state index contributed by atoms with van der Waals surface area (Å²) < 4.78 is 5.82. The summed E-state index contributed by atoms with van der Waals surface area (Å²) in [4.78, 5) is 0. The Morgan fingerprint density at radius 3 is 2.43 bits per heavy atom. The zero-order valence-electron chi connectivity index (χ0n) is 9.72. The maximum absolute atomic E-state index is 5.82. The minimum absolute atomic E-state index is 0.552. The summed E-state index contributed by atoms with van der Waals surface area (Å²) >= 11 is 0. The molecule has 14 heavy (non-hydrogen) atoms. The van der Waals surface area contributed by atoms with Crippen LogP contribution in [0.25, 0.3) is 0 Å². The molecule has 0 aromatic rings. The van der Waals surface area contributed by atoms with Gasteiger partial charge < -0.3 is 10.1 Å². The Labute approximate surface area is 88.4 Å². The fourth-order valence-corrected chi connectivity index (χ4v) is 2.12. The normalized spacial score (nSPS) is 27.9. The van der Waals surface area contributed by atoms with E-state index in [0.717, 1.165) is 19.2 Å². The summed E-state index contributed by atoms with van der Waals surface area (Å²) in [6.45, 7) is 6.47. The molecule has 1 fully saturated rings. The molecule has 0 atom stereocenters. The van der Waals surface area contributed by atoms with Crippen molar-refractivity contribution in [3.05, 3.63) is 0 Å². The third-order valence-corrected chi connectivity index (χ3v) is 3.02. The molecule has 1 rings (SSSR count). The van der Waals surface area contributed by atoms with E-state index < -0.39 is 0 Å². The van der Waals surface area contributed by atoms with Gasteiger partial charge in [0, 0.05) is 12.6 Å². The maximum atomic E-state index is 5.82. The SMILES string of the molecule is CCCCOC1CCC(NCC)CC1. The highest BCUT2D eigenvalue weighted by Crippen LogP contribution is 2.21. The van der Waals surface area contributed by atoms with Crippen molar-refractivity contribution in [1.29, 1.82) is 0 Å². The molecule has 0 aromatic heterocycles. The van der Waals surface area contributed by atoms with Gasteiger partial charge in [-0.05, 0) is 38.6 Å². The van der Waals surface area contributed by atoms with Gasteiger partial charge in [0.1, 0.15) is 0 Å². The van der Waals surface area contributed by atoms with Crippen molar-refractivity contribution in [3.8, 4) is 0 Å². The van der Waals surface area contributed by atoms with Gasteiger partial charge in [0.15, 0.2) is 0 Å². The second kappa shape index (κ2) is 7.24.